The van der Waals surface area contributed by atoms with E-state index in [2.05, 4.69) is 20.9 Å². The molecule has 3 nitrogen and oxygen atoms in total. The first-order valence-corrected chi connectivity index (χ1v) is 6.29. The highest BCUT2D eigenvalue weighted by Crippen LogP contribution is 2.41. The molecule has 0 bridgehead atoms. The molecule has 1 fully saturated rings. The zero-order valence-electron chi connectivity index (χ0n) is 9.08. The molecule has 16 heavy (non-hydrogen) atoms. The monoisotopic (exact) mass is 282 g/mol. The second kappa shape index (κ2) is 4.63. The van der Waals surface area contributed by atoms with E-state index in [0.717, 1.165) is 29.4 Å². The summed E-state index contributed by atoms with van der Waals surface area (Å²) in [5.41, 5.74) is 6.28. The van der Waals surface area contributed by atoms with Crippen LogP contribution in [-0.2, 0) is 11.2 Å². The van der Waals surface area contributed by atoms with Crippen LogP contribution in [0.15, 0.2) is 22.8 Å². The number of Topliss-reactive ketones (excluding diaryl/α,β-unsaturated/α-hetero) is 1. The number of ketones is 1. The first-order valence-electron chi connectivity index (χ1n) is 5.50. The molecule has 1 aliphatic carbocycles. The van der Waals surface area contributed by atoms with Gasteiger partial charge in [0.1, 0.15) is 5.78 Å². The largest absolute Gasteiger partial charge is 0.329 e. The third-order valence-electron chi connectivity index (χ3n) is 3.42. The Hall–Kier alpha value is -0.740. The second-order valence-corrected chi connectivity index (χ2v) is 5.32. The molecule has 1 saturated carbocycles. The van der Waals surface area contributed by atoms with E-state index in [1.165, 1.54) is 0 Å². The van der Waals surface area contributed by atoms with Gasteiger partial charge in [-0.25, -0.2) is 0 Å². The number of nitrogens with zero attached hydrogens (tertiary/aromatic N) is 1. The number of carbonyl (C=O) groups excluding carboxylic acids is 1. The molecule has 1 aliphatic rings. The molecule has 4 heteroatoms. The Balaban J connectivity index is 2.04. The molecule has 1 aromatic heterocycles. The van der Waals surface area contributed by atoms with Crippen LogP contribution in [0.1, 0.15) is 25.0 Å². The fraction of sp³-hybridized carbons (Fsp3) is 0.500. The highest BCUT2D eigenvalue weighted by Gasteiger charge is 2.42. The van der Waals surface area contributed by atoms with Gasteiger partial charge in [0.25, 0.3) is 0 Å². The molecule has 86 valence electrons. The zero-order chi connectivity index (χ0) is 11.6. The molecule has 2 rings (SSSR count). The van der Waals surface area contributed by atoms with Gasteiger partial charge in [0.05, 0.1) is 0 Å². The van der Waals surface area contributed by atoms with Crippen molar-refractivity contribution < 1.29 is 4.79 Å². The predicted octanol–water partition coefficient (Wildman–Crippen LogP) is 2.08. The molecule has 0 radical (unpaired) electrons. The molecule has 1 aromatic rings. The van der Waals surface area contributed by atoms with Crippen LogP contribution < -0.4 is 5.73 Å². The van der Waals surface area contributed by atoms with E-state index in [1.807, 2.05) is 12.1 Å². The van der Waals surface area contributed by atoms with Crippen LogP contribution in [0.2, 0.25) is 0 Å². The van der Waals surface area contributed by atoms with Crippen LogP contribution in [0.4, 0.5) is 0 Å². The molecule has 0 unspecified atom stereocenters. The van der Waals surface area contributed by atoms with Crippen LogP contribution in [0, 0.1) is 5.41 Å². The summed E-state index contributed by atoms with van der Waals surface area (Å²) in [6.07, 6.45) is 5.14. The number of hydrogen-bond acceptors (Lipinski definition) is 3. The highest BCUT2D eigenvalue weighted by molar-refractivity contribution is 9.10. The van der Waals surface area contributed by atoms with Crippen molar-refractivity contribution in [2.75, 3.05) is 6.54 Å². The predicted molar refractivity (Wildman–Crippen MR) is 66.0 cm³/mol. The minimum atomic E-state index is -0.241. The zero-order valence-corrected chi connectivity index (χ0v) is 10.7. The Morgan fingerprint density at radius 1 is 1.50 bits per heavy atom. The quantitative estimate of drug-likeness (QED) is 0.920. The fourth-order valence-electron chi connectivity index (χ4n) is 2.06. The molecule has 2 N–H and O–H groups in total. The number of hydrogen-bond donors (Lipinski definition) is 1. The van der Waals surface area contributed by atoms with Gasteiger partial charge in [0.2, 0.25) is 0 Å². The Morgan fingerprint density at radius 3 is 2.69 bits per heavy atom. The maximum atomic E-state index is 12.1. The molecule has 0 aliphatic heterocycles. The van der Waals surface area contributed by atoms with Gasteiger partial charge in [-0.2, -0.15) is 0 Å². The Labute approximate surface area is 104 Å². The summed E-state index contributed by atoms with van der Waals surface area (Å²) in [5, 5.41) is 0. The van der Waals surface area contributed by atoms with Crippen LogP contribution in [0.5, 0.6) is 0 Å². The normalized spacial score (nSPS) is 17.9. The number of aromatic nitrogens is 1. The van der Waals surface area contributed by atoms with Crippen molar-refractivity contribution in [3.63, 3.8) is 0 Å². The summed E-state index contributed by atoms with van der Waals surface area (Å²) < 4.78 is 0.931. The lowest BCUT2D eigenvalue weighted by Gasteiger charge is -2.39. The maximum Gasteiger partial charge on any atom is 0.146 e. The van der Waals surface area contributed by atoms with Crippen LogP contribution in [0.3, 0.4) is 0 Å². The van der Waals surface area contributed by atoms with Crippen LogP contribution >= 0.6 is 15.9 Å². The van der Waals surface area contributed by atoms with Crippen LogP contribution in [0.25, 0.3) is 0 Å². The molecule has 1 heterocycles. The first-order chi connectivity index (χ1) is 7.66. The second-order valence-electron chi connectivity index (χ2n) is 4.41. The van der Waals surface area contributed by atoms with Crippen molar-refractivity contribution in [2.45, 2.75) is 25.7 Å². The van der Waals surface area contributed by atoms with E-state index in [1.54, 1.807) is 6.20 Å². The minimum Gasteiger partial charge on any atom is -0.329 e. The van der Waals surface area contributed by atoms with Gasteiger partial charge in [0, 0.05) is 34.7 Å². The molecular formula is C12H15BrN2O. The van der Waals surface area contributed by atoms with E-state index >= 15 is 0 Å². The highest BCUT2D eigenvalue weighted by atomic mass is 79.9. The molecule has 0 aromatic carbocycles. The summed E-state index contributed by atoms with van der Waals surface area (Å²) in [4.78, 5) is 16.3. The van der Waals surface area contributed by atoms with Gasteiger partial charge in [-0.15, -0.1) is 0 Å². The lowest BCUT2D eigenvalue weighted by Crippen LogP contribution is -2.45. The average Bonchev–Trinajstić information content (AvgIpc) is 2.21. The van der Waals surface area contributed by atoms with E-state index < -0.39 is 0 Å². The van der Waals surface area contributed by atoms with Gasteiger partial charge in [-0.1, -0.05) is 6.42 Å². The average molecular weight is 283 g/mol. The fourth-order valence-corrected chi connectivity index (χ4v) is 2.30. The minimum absolute atomic E-state index is 0.241. The van der Waals surface area contributed by atoms with E-state index in [9.17, 15) is 4.79 Å². The number of rotatable bonds is 4. The van der Waals surface area contributed by atoms with Gasteiger partial charge in [-0.3, -0.25) is 9.78 Å². The first kappa shape index (κ1) is 11.7. The molecular weight excluding hydrogens is 268 g/mol. The topological polar surface area (TPSA) is 56.0 Å². The Kier molecular flexibility index (Phi) is 3.40. The number of carbonyl (C=O) groups is 1. The van der Waals surface area contributed by atoms with Crippen molar-refractivity contribution in [2.24, 2.45) is 11.1 Å². The Morgan fingerprint density at radius 2 is 2.25 bits per heavy atom. The summed E-state index contributed by atoms with van der Waals surface area (Å²) in [6.45, 7) is 0.475. The van der Waals surface area contributed by atoms with Gasteiger partial charge in [-0.05, 0) is 40.9 Å². The third-order valence-corrected chi connectivity index (χ3v) is 3.89. The standard InChI is InChI=1S/C12H15BrN2O/c13-9-2-3-10(15-7-9)6-11(16)12(8-14)4-1-5-12/h2-3,7H,1,4-6,8,14H2. The van der Waals surface area contributed by atoms with Crippen molar-refractivity contribution in [3.8, 4) is 0 Å². The molecule has 0 spiro atoms. The van der Waals surface area contributed by atoms with E-state index in [4.69, 9.17) is 5.73 Å². The van der Waals surface area contributed by atoms with Gasteiger partial charge in [0.15, 0.2) is 0 Å². The van der Waals surface area contributed by atoms with Crippen molar-refractivity contribution in [3.05, 3.63) is 28.5 Å². The van der Waals surface area contributed by atoms with Crippen molar-refractivity contribution in [1.29, 1.82) is 0 Å². The van der Waals surface area contributed by atoms with Gasteiger partial charge < -0.3 is 5.73 Å². The maximum absolute atomic E-state index is 12.1. The number of pyridine rings is 1. The van der Waals surface area contributed by atoms with Crippen molar-refractivity contribution >= 4 is 21.7 Å². The molecule has 0 amide bonds. The molecule has 0 saturated heterocycles. The summed E-state index contributed by atoms with van der Waals surface area (Å²) in [6, 6.07) is 3.79. The Bertz CT molecular complexity index is 379. The third kappa shape index (κ3) is 2.18. The van der Waals surface area contributed by atoms with Crippen LogP contribution in [-0.4, -0.2) is 17.3 Å². The summed E-state index contributed by atoms with van der Waals surface area (Å²) >= 11 is 3.32. The van der Waals surface area contributed by atoms with E-state index in [-0.39, 0.29) is 11.2 Å². The lowest BCUT2D eigenvalue weighted by atomic mass is 9.65. The summed E-state index contributed by atoms with van der Waals surface area (Å²) in [5.74, 6) is 0.246. The van der Waals surface area contributed by atoms with E-state index in [0.29, 0.717) is 13.0 Å². The SMILES string of the molecule is NCC1(C(=O)Cc2ccc(Br)cn2)CCC1. The number of nitrogens with two attached hydrogens (primary N) is 1. The lowest BCUT2D eigenvalue weighted by molar-refractivity contribution is -0.132. The smallest absolute Gasteiger partial charge is 0.146 e. The summed E-state index contributed by atoms with van der Waals surface area (Å²) in [7, 11) is 0. The number of halogens is 1. The van der Waals surface area contributed by atoms with Crippen molar-refractivity contribution in [1.82, 2.24) is 4.98 Å². The van der Waals surface area contributed by atoms with Gasteiger partial charge >= 0.3 is 0 Å². The molecule has 0 atom stereocenters.